The van der Waals surface area contributed by atoms with Crippen molar-refractivity contribution in [3.63, 3.8) is 0 Å². The zero-order valence-corrected chi connectivity index (χ0v) is 9.57. The number of nitrogens with zero attached hydrogens (tertiary/aromatic N) is 3. The Balaban J connectivity index is 2.85. The van der Waals surface area contributed by atoms with Crippen LogP contribution in [-0.4, -0.2) is 17.6 Å². The molecule has 19 heavy (non-hydrogen) atoms. The summed E-state index contributed by atoms with van der Waals surface area (Å²) in [5.74, 6) is -0.115. The summed E-state index contributed by atoms with van der Waals surface area (Å²) < 4.78 is 41.0. The second kappa shape index (κ2) is 5.53. The van der Waals surface area contributed by atoms with E-state index in [0.29, 0.717) is 6.29 Å². The zero-order chi connectivity index (χ0) is 14.5. The summed E-state index contributed by atoms with van der Waals surface area (Å²) in [6.07, 6.45) is -6.31. The van der Waals surface area contributed by atoms with Crippen LogP contribution in [0.3, 0.4) is 0 Å². The Bertz CT molecular complexity index is 523. The molecule has 0 fully saturated rings. The molecule has 0 aromatic carbocycles. The lowest BCUT2D eigenvalue weighted by molar-refractivity contribution is -0.138. The summed E-state index contributed by atoms with van der Waals surface area (Å²) in [5.41, 5.74) is -1.75. The molecule has 0 aliphatic heterocycles. The number of halogens is 3. The lowest BCUT2D eigenvalue weighted by Gasteiger charge is -2.17. The van der Waals surface area contributed by atoms with Crippen molar-refractivity contribution in [2.75, 3.05) is 0 Å². The molecule has 0 aliphatic rings. The number of rotatable bonds is 5. The third-order valence-corrected chi connectivity index (χ3v) is 2.44. The summed E-state index contributed by atoms with van der Waals surface area (Å²) in [4.78, 5) is 10.4. The average Bonchev–Trinajstić information content (AvgIpc) is 2.81. The van der Waals surface area contributed by atoms with Crippen molar-refractivity contribution in [2.24, 2.45) is 5.41 Å². The third-order valence-electron chi connectivity index (χ3n) is 2.44. The van der Waals surface area contributed by atoms with Crippen LogP contribution in [0.25, 0.3) is 0 Å². The van der Waals surface area contributed by atoms with Gasteiger partial charge in [0, 0.05) is 18.9 Å². The lowest BCUT2D eigenvalue weighted by Crippen LogP contribution is -2.23. The molecule has 1 heterocycles. The number of aldehydes is 1. The summed E-state index contributed by atoms with van der Waals surface area (Å²) in [7, 11) is 0. The molecule has 0 bridgehead atoms. The first-order valence-electron chi connectivity index (χ1n) is 5.14. The van der Waals surface area contributed by atoms with Crippen LogP contribution in [0.4, 0.5) is 13.2 Å². The van der Waals surface area contributed by atoms with Crippen LogP contribution in [0, 0.1) is 28.1 Å². The van der Waals surface area contributed by atoms with E-state index in [4.69, 9.17) is 10.5 Å². The highest BCUT2D eigenvalue weighted by molar-refractivity contribution is 5.70. The maximum absolute atomic E-state index is 12.2. The number of carbonyl (C=O) groups excluding carboxylic acids is 1. The number of carbonyl (C=O) groups is 1. The van der Waals surface area contributed by atoms with Crippen LogP contribution in [0.2, 0.25) is 0 Å². The van der Waals surface area contributed by atoms with Gasteiger partial charge in [0.25, 0.3) is 0 Å². The molecule has 0 atom stereocenters. The summed E-state index contributed by atoms with van der Waals surface area (Å²) in [6, 6.07) is 4.35. The predicted molar refractivity (Wildman–Crippen MR) is 54.5 cm³/mol. The molecule has 0 spiro atoms. The van der Waals surface area contributed by atoms with E-state index in [1.54, 1.807) is 12.1 Å². The van der Waals surface area contributed by atoms with Crippen LogP contribution in [0.5, 0.6) is 0 Å². The van der Waals surface area contributed by atoms with Gasteiger partial charge in [-0.2, -0.15) is 23.7 Å². The van der Waals surface area contributed by atoms with Gasteiger partial charge < -0.3 is 4.52 Å². The fourth-order valence-electron chi connectivity index (χ4n) is 1.44. The van der Waals surface area contributed by atoms with Crippen molar-refractivity contribution in [3.05, 3.63) is 17.5 Å². The van der Waals surface area contributed by atoms with Gasteiger partial charge in [-0.1, -0.05) is 5.16 Å². The van der Waals surface area contributed by atoms with E-state index in [2.05, 4.69) is 9.68 Å². The molecule has 0 aliphatic carbocycles. The quantitative estimate of drug-likeness (QED) is 0.767. The topological polar surface area (TPSA) is 90.7 Å². The highest BCUT2D eigenvalue weighted by Crippen LogP contribution is 2.32. The predicted octanol–water partition coefficient (Wildman–Crippen LogP) is 2.41. The first kappa shape index (κ1) is 14.7. The van der Waals surface area contributed by atoms with Gasteiger partial charge in [0.05, 0.1) is 17.8 Å². The molecule has 1 aromatic heterocycles. The SMILES string of the molecule is N#CC(C#N)(CCC(F)(F)F)Cc1cc(C=O)on1. The molecular formula is C11H8F3N3O2. The fourth-order valence-corrected chi connectivity index (χ4v) is 1.44. The Morgan fingerprint density at radius 1 is 1.32 bits per heavy atom. The van der Waals surface area contributed by atoms with Crippen molar-refractivity contribution in [1.82, 2.24) is 5.16 Å². The van der Waals surface area contributed by atoms with Crippen molar-refractivity contribution in [1.29, 1.82) is 10.5 Å². The van der Waals surface area contributed by atoms with Gasteiger partial charge in [-0.25, -0.2) is 0 Å². The maximum Gasteiger partial charge on any atom is 0.389 e. The first-order valence-corrected chi connectivity index (χ1v) is 5.14. The normalized spacial score (nSPS) is 11.6. The minimum absolute atomic E-state index is 0.0902. The fraction of sp³-hybridized carbons (Fsp3) is 0.455. The molecule has 0 saturated heterocycles. The standard InChI is InChI=1S/C11H8F3N3O2/c12-11(13,14)2-1-10(6-15,7-16)4-8-3-9(5-18)19-17-8/h3,5H,1-2,4H2. The van der Waals surface area contributed by atoms with Gasteiger partial charge in [0.2, 0.25) is 0 Å². The molecule has 0 amide bonds. The summed E-state index contributed by atoms with van der Waals surface area (Å²) in [6.45, 7) is 0. The van der Waals surface area contributed by atoms with Gasteiger partial charge in [0.15, 0.2) is 12.0 Å². The number of nitriles is 2. The number of hydrogen-bond acceptors (Lipinski definition) is 5. The van der Waals surface area contributed by atoms with Gasteiger partial charge in [0.1, 0.15) is 5.41 Å². The highest BCUT2D eigenvalue weighted by Gasteiger charge is 2.37. The largest absolute Gasteiger partial charge is 0.389 e. The molecule has 0 saturated carbocycles. The Hall–Kier alpha value is -2.35. The summed E-state index contributed by atoms with van der Waals surface area (Å²) >= 11 is 0. The number of alkyl halides is 3. The van der Waals surface area contributed by atoms with Crippen LogP contribution >= 0.6 is 0 Å². The van der Waals surface area contributed by atoms with Crippen molar-refractivity contribution >= 4 is 6.29 Å². The Morgan fingerprint density at radius 2 is 1.95 bits per heavy atom. The van der Waals surface area contributed by atoms with E-state index in [-0.39, 0.29) is 17.9 Å². The van der Waals surface area contributed by atoms with Gasteiger partial charge in [-0.05, 0) is 6.42 Å². The number of aromatic nitrogens is 1. The highest BCUT2D eigenvalue weighted by atomic mass is 19.4. The van der Waals surface area contributed by atoms with Gasteiger partial charge in [-0.3, -0.25) is 4.79 Å². The van der Waals surface area contributed by atoms with Crippen molar-refractivity contribution < 1.29 is 22.5 Å². The second-order valence-electron chi connectivity index (χ2n) is 3.94. The van der Waals surface area contributed by atoms with Gasteiger partial charge in [-0.15, -0.1) is 0 Å². The van der Waals surface area contributed by atoms with E-state index in [9.17, 15) is 18.0 Å². The minimum Gasteiger partial charge on any atom is -0.353 e. The minimum atomic E-state index is -4.45. The average molecular weight is 271 g/mol. The first-order chi connectivity index (χ1) is 8.84. The van der Waals surface area contributed by atoms with E-state index < -0.39 is 24.4 Å². The van der Waals surface area contributed by atoms with Crippen LogP contribution in [-0.2, 0) is 6.42 Å². The van der Waals surface area contributed by atoms with E-state index >= 15 is 0 Å². The van der Waals surface area contributed by atoms with Crippen molar-refractivity contribution in [2.45, 2.75) is 25.4 Å². The molecule has 0 unspecified atom stereocenters. The maximum atomic E-state index is 12.2. The Labute approximate surface area is 106 Å². The monoisotopic (exact) mass is 271 g/mol. The van der Waals surface area contributed by atoms with Crippen LogP contribution < -0.4 is 0 Å². The Kier molecular flexibility index (Phi) is 4.28. The molecule has 100 valence electrons. The van der Waals surface area contributed by atoms with Crippen molar-refractivity contribution in [3.8, 4) is 12.1 Å². The Morgan fingerprint density at radius 3 is 2.37 bits per heavy atom. The molecule has 0 N–H and O–H groups in total. The van der Waals surface area contributed by atoms with Crippen LogP contribution in [0.1, 0.15) is 29.1 Å². The second-order valence-corrected chi connectivity index (χ2v) is 3.94. The molecule has 0 radical (unpaired) electrons. The third kappa shape index (κ3) is 4.11. The van der Waals surface area contributed by atoms with E-state index in [1.165, 1.54) is 6.07 Å². The lowest BCUT2D eigenvalue weighted by atomic mass is 9.82. The molecule has 8 heteroatoms. The van der Waals surface area contributed by atoms with E-state index in [1.807, 2.05) is 0 Å². The molecular weight excluding hydrogens is 263 g/mol. The molecule has 1 aromatic rings. The molecule has 5 nitrogen and oxygen atoms in total. The van der Waals surface area contributed by atoms with Gasteiger partial charge >= 0.3 is 6.18 Å². The van der Waals surface area contributed by atoms with Crippen LogP contribution in [0.15, 0.2) is 10.6 Å². The van der Waals surface area contributed by atoms with E-state index in [0.717, 1.165) is 0 Å². The smallest absolute Gasteiger partial charge is 0.353 e. The zero-order valence-electron chi connectivity index (χ0n) is 9.57. The number of hydrogen-bond donors (Lipinski definition) is 0. The summed E-state index contributed by atoms with van der Waals surface area (Å²) in [5, 5.41) is 21.3. The molecule has 1 rings (SSSR count).